The lowest BCUT2D eigenvalue weighted by Gasteiger charge is -2.27. The third-order valence-electron chi connectivity index (χ3n) is 3.89. The molecule has 0 fully saturated rings. The maximum atomic E-state index is 4.67. The second-order valence-corrected chi connectivity index (χ2v) is 5.92. The molecule has 0 bridgehead atoms. The van der Waals surface area contributed by atoms with Gasteiger partial charge in [-0.25, -0.2) is 4.98 Å². The van der Waals surface area contributed by atoms with E-state index in [2.05, 4.69) is 60.2 Å². The van der Waals surface area contributed by atoms with Crippen LogP contribution in [0.4, 0.5) is 0 Å². The third kappa shape index (κ3) is 2.42. The van der Waals surface area contributed by atoms with Gasteiger partial charge in [0.2, 0.25) is 0 Å². The molecule has 0 atom stereocenters. The first kappa shape index (κ1) is 13.8. The number of nitrogens with zero attached hydrogens (tertiary/aromatic N) is 5. The van der Waals surface area contributed by atoms with E-state index in [9.17, 15) is 0 Å². The summed E-state index contributed by atoms with van der Waals surface area (Å²) in [5.74, 6) is 1.16. The van der Waals surface area contributed by atoms with Crippen molar-refractivity contribution >= 4 is 15.9 Å². The van der Waals surface area contributed by atoms with E-state index in [0.29, 0.717) is 0 Å². The summed E-state index contributed by atoms with van der Waals surface area (Å²) in [6.45, 7) is 9.13. The average Bonchev–Trinajstić information content (AvgIpc) is 3.04. The van der Waals surface area contributed by atoms with Gasteiger partial charge in [-0.1, -0.05) is 6.92 Å². The molecule has 0 spiro atoms. The average molecular weight is 338 g/mol. The lowest BCUT2D eigenvalue weighted by Crippen LogP contribution is -2.33. The fourth-order valence-corrected chi connectivity index (χ4v) is 3.43. The largest absolute Gasteiger partial charge is 0.333 e. The summed E-state index contributed by atoms with van der Waals surface area (Å²) < 4.78 is 5.53. The van der Waals surface area contributed by atoms with Crippen molar-refractivity contribution in [2.75, 3.05) is 6.54 Å². The second kappa shape index (κ2) is 5.69. The molecule has 5 nitrogen and oxygen atoms in total. The molecular weight excluding hydrogens is 318 g/mol. The van der Waals surface area contributed by atoms with Crippen molar-refractivity contribution < 1.29 is 0 Å². The van der Waals surface area contributed by atoms with Crippen LogP contribution in [0.2, 0.25) is 0 Å². The van der Waals surface area contributed by atoms with Gasteiger partial charge in [-0.05, 0) is 29.3 Å². The van der Waals surface area contributed by atoms with E-state index in [0.717, 1.165) is 50.7 Å². The molecule has 0 aromatic carbocycles. The molecule has 108 valence electrons. The van der Waals surface area contributed by atoms with Crippen molar-refractivity contribution in [1.82, 2.24) is 24.2 Å². The number of hydrogen-bond acceptors (Lipinski definition) is 3. The Morgan fingerprint density at radius 1 is 1.30 bits per heavy atom. The smallest absolute Gasteiger partial charge is 0.122 e. The molecule has 0 N–H and O–H groups in total. The number of aromatic nitrogens is 4. The van der Waals surface area contributed by atoms with Crippen LogP contribution in [0, 0.1) is 0 Å². The number of halogens is 1. The maximum absolute atomic E-state index is 4.67. The monoisotopic (exact) mass is 337 g/mol. The van der Waals surface area contributed by atoms with Crippen LogP contribution in [0.1, 0.15) is 31.1 Å². The highest BCUT2D eigenvalue weighted by atomic mass is 79.9. The second-order valence-electron chi connectivity index (χ2n) is 5.12. The van der Waals surface area contributed by atoms with Crippen molar-refractivity contribution in [2.24, 2.45) is 0 Å². The molecule has 0 saturated carbocycles. The zero-order valence-electron chi connectivity index (χ0n) is 12.0. The Kier molecular flexibility index (Phi) is 3.94. The predicted molar refractivity (Wildman–Crippen MR) is 81.3 cm³/mol. The van der Waals surface area contributed by atoms with E-state index in [-0.39, 0.29) is 0 Å². The quantitative estimate of drug-likeness (QED) is 0.860. The molecule has 0 amide bonds. The number of aryl methyl sites for hydroxylation is 2. The first-order chi connectivity index (χ1) is 9.72. The summed E-state index contributed by atoms with van der Waals surface area (Å²) in [5.41, 5.74) is 2.43. The van der Waals surface area contributed by atoms with Crippen LogP contribution in [0.15, 0.2) is 16.9 Å². The van der Waals surface area contributed by atoms with Gasteiger partial charge in [-0.15, -0.1) is 0 Å². The molecule has 0 saturated heterocycles. The summed E-state index contributed by atoms with van der Waals surface area (Å²) in [5, 5.41) is 4.67. The van der Waals surface area contributed by atoms with Crippen LogP contribution in [-0.4, -0.2) is 30.8 Å². The topological polar surface area (TPSA) is 38.9 Å². The number of imidazole rings is 1. The van der Waals surface area contributed by atoms with E-state index in [1.807, 2.05) is 6.20 Å². The zero-order valence-corrected chi connectivity index (χ0v) is 13.6. The van der Waals surface area contributed by atoms with Crippen LogP contribution in [0.5, 0.6) is 0 Å². The molecule has 3 rings (SSSR count). The molecule has 2 aromatic heterocycles. The number of hydrogen-bond donors (Lipinski definition) is 0. The van der Waals surface area contributed by atoms with E-state index in [1.54, 1.807) is 0 Å². The van der Waals surface area contributed by atoms with Crippen LogP contribution in [0.25, 0.3) is 0 Å². The molecule has 2 aromatic rings. The van der Waals surface area contributed by atoms with Crippen molar-refractivity contribution in [3.63, 3.8) is 0 Å². The van der Waals surface area contributed by atoms with Crippen molar-refractivity contribution in [3.05, 3.63) is 34.1 Å². The molecule has 20 heavy (non-hydrogen) atoms. The standard InChI is InChI=1S/C14H20BrN5/c1-3-11-14(15)12(20(4-2)17-11)9-18-7-8-19-6-5-16-13(19)10-18/h5-6H,3-4,7-10H2,1-2H3. The Morgan fingerprint density at radius 3 is 2.90 bits per heavy atom. The minimum absolute atomic E-state index is 0.912. The lowest BCUT2D eigenvalue weighted by molar-refractivity contribution is 0.202. The van der Waals surface area contributed by atoms with E-state index >= 15 is 0 Å². The molecule has 3 heterocycles. The molecule has 0 radical (unpaired) electrons. The van der Waals surface area contributed by atoms with Gasteiger partial charge in [0.15, 0.2) is 0 Å². The van der Waals surface area contributed by atoms with Gasteiger partial charge < -0.3 is 4.57 Å². The van der Waals surface area contributed by atoms with Gasteiger partial charge in [0.25, 0.3) is 0 Å². The predicted octanol–water partition coefficient (Wildman–Crippen LogP) is 2.44. The van der Waals surface area contributed by atoms with E-state index in [4.69, 9.17) is 0 Å². The summed E-state index contributed by atoms with van der Waals surface area (Å²) in [6, 6.07) is 0. The molecule has 0 unspecified atom stereocenters. The normalized spacial score (nSPS) is 15.6. The maximum Gasteiger partial charge on any atom is 0.122 e. The van der Waals surface area contributed by atoms with Crippen LogP contribution >= 0.6 is 15.9 Å². The summed E-state index contributed by atoms with van der Waals surface area (Å²) >= 11 is 3.72. The van der Waals surface area contributed by atoms with Crippen molar-refractivity contribution in [3.8, 4) is 0 Å². The molecular formula is C14H20BrN5. The first-order valence-corrected chi connectivity index (χ1v) is 7.98. The van der Waals surface area contributed by atoms with Gasteiger partial charge in [-0.2, -0.15) is 5.10 Å². The number of rotatable bonds is 4. The van der Waals surface area contributed by atoms with Crippen molar-refractivity contribution in [2.45, 2.75) is 46.4 Å². The highest BCUT2D eigenvalue weighted by Gasteiger charge is 2.21. The zero-order chi connectivity index (χ0) is 14.1. The minimum Gasteiger partial charge on any atom is -0.333 e. The van der Waals surface area contributed by atoms with Gasteiger partial charge in [-0.3, -0.25) is 9.58 Å². The van der Waals surface area contributed by atoms with Crippen LogP contribution in [0.3, 0.4) is 0 Å². The van der Waals surface area contributed by atoms with E-state index in [1.165, 1.54) is 10.2 Å². The van der Waals surface area contributed by atoms with Gasteiger partial charge in [0, 0.05) is 38.6 Å². The summed E-state index contributed by atoms with van der Waals surface area (Å²) in [7, 11) is 0. The molecule has 6 heteroatoms. The van der Waals surface area contributed by atoms with Gasteiger partial charge in [0.1, 0.15) is 5.82 Å². The van der Waals surface area contributed by atoms with E-state index < -0.39 is 0 Å². The third-order valence-corrected chi connectivity index (χ3v) is 4.81. The summed E-state index contributed by atoms with van der Waals surface area (Å²) in [6.07, 6.45) is 4.92. The molecule has 0 aliphatic carbocycles. The van der Waals surface area contributed by atoms with Crippen LogP contribution < -0.4 is 0 Å². The SMILES string of the molecule is CCc1nn(CC)c(CN2CCn3ccnc3C2)c1Br. The van der Waals surface area contributed by atoms with Crippen LogP contribution in [-0.2, 0) is 32.6 Å². The lowest BCUT2D eigenvalue weighted by atomic mass is 10.2. The number of fused-ring (bicyclic) bond motifs is 1. The van der Waals surface area contributed by atoms with Gasteiger partial charge >= 0.3 is 0 Å². The van der Waals surface area contributed by atoms with Gasteiger partial charge in [0.05, 0.1) is 22.4 Å². The Hall–Kier alpha value is -1.14. The minimum atomic E-state index is 0.912. The Labute approximate surface area is 127 Å². The highest BCUT2D eigenvalue weighted by molar-refractivity contribution is 9.10. The Bertz CT molecular complexity index is 601. The first-order valence-electron chi connectivity index (χ1n) is 7.19. The molecule has 1 aliphatic rings. The molecule has 1 aliphatic heterocycles. The van der Waals surface area contributed by atoms with Crippen molar-refractivity contribution in [1.29, 1.82) is 0 Å². The Balaban J connectivity index is 1.80. The fraction of sp³-hybridized carbons (Fsp3) is 0.571. The highest BCUT2D eigenvalue weighted by Crippen LogP contribution is 2.25. The fourth-order valence-electron chi connectivity index (χ4n) is 2.74. The summed E-state index contributed by atoms with van der Waals surface area (Å²) in [4.78, 5) is 6.86. The Morgan fingerprint density at radius 2 is 2.15 bits per heavy atom.